The van der Waals surface area contributed by atoms with Gasteiger partial charge in [-0.1, -0.05) is 30.3 Å². The van der Waals surface area contributed by atoms with Crippen LogP contribution in [0.25, 0.3) is 0 Å². The molecule has 0 aliphatic carbocycles. The van der Waals surface area contributed by atoms with Crippen molar-refractivity contribution in [3.63, 3.8) is 0 Å². The van der Waals surface area contributed by atoms with Gasteiger partial charge in [0.25, 0.3) is 5.91 Å². The second kappa shape index (κ2) is 8.35. The standard InChI is InChI=1S/C20H18N2O2S/c1-25-18-10-3-2-9-17(18)20(23)22-14-15-7-6-8-16(13-15)24-19-11-4-5-12-21-19/h2-13H,14H2,1H3,(H,22,23). The molecule has 126 valence electrons. The maximum atomic E-state index is 12.4. The molecule has 0 spiro atoms. The van der Waals surface area contributed by atoms with Crippen LogP contribution in [0.5, 0.6) is 11.6 Å². The first-order chi connectivity index (χ1) is 12.3. The molecule has 0 radical (unpaired) electrons. The number of hydrogen-bond donors (Lipinski definition) is 1. The number of amides is 1. The molecule has 0 unspecified atom stereocenters. The first kappa shape index (κ1) is 17.0. The van der Waals surface area contributed by atoms with Gasteiger partial charge in [0.2, 0.25) is 5.88 Å². The van der Waals surface area contributed by atoms with Crippen LogP contribution in [-0.2, 0) is 6.54 Å². The lowest BCUT2D eigenvalue weighted by atomic mass is 10.2. The fourth-order valence-corrected chi connectivity index (χ4v) is 2.95. The number of pyridine rings is 1. The topological polar surface area (TPSA) is 51.2 Å². The summed E-state index contributed by atoms with van der Waals surface area (Å²) in [5, 5.41) is 2.96. The second-order valence-corrected chi connectivity index (χ2v) is 6.15. The lowest BCUT2D eigenvalue weighted by Gasteiger charge is -2.10. The lowest BCUT2D eigenvalue weighted by Crippen LogP contribution is -2.23. The van der Waals surface area contributed by atoms with Crippen LogP contribution < -0.4 is 10.1 Å². The number of benzene rings is 2. The molecular formula is C20H18N2O2S. The Bertz CT molecular complexity index is 853. The highest BCUT2D eigenvalue weighted by atomic mass is 32.2. The predicted octanol–water partition coefficient (Wildman–Crippen LogP) is 4.53. The average Bonchev–Trinajstić information content (AvgIpc) is 2.67. The van der Waals surface area contributed by atoms with E-state index in [2.05, 4.69) is 10.3 Å². The number of nitrogens with zero attached hydrogens (tertiary/aromatic N) is 1. The summed E-state index contributed by atoms with van der Waals surface area (Å²) in [6, 6.07) is 20.7. The van der Waals surface area contributed by atoms with Crippen LogP contribution in [-0.4, -0.2) is 17.1 Å². The molecule has 1 N–H and O–H groups in total. The summed E-state index contributed by atoms with van der Waals surface area (Å²) in [5.41, 5.74) is 1.65. The molecule has 3 aromatic rings. The van der Waals surface area contributed by atoms with Crippen LogP contribution in [0.2, 0.25) is 0 Å². The highest BCUT2D eigenvalue weighted by Gasteiger charge is 2.10. The minimum atomic E-state index is -0.0824. The van der Waals surface area contributed by atoms with Crippen LogP contribution >= 0.6 is 11.8 Å². The van der Waals surface area contributed by atoms with E-state index >= 15 is 0 Å². The molecule has 0 saturated heterocycles. The van der Waals surface area contributed by atoms with Crippen molar-refractivity contribution in [1.29, 1.82) is 0 Å². The molecule has 3 rings (SSSR count). The van der Waals surface area contributed by atoms with Gasteiger partial charge in [-0.25, -0.2) is 4.98 Å². The zero-order chi connectivity index (χ0) is 17.5. The molecule has 0 atom stereocenters. The third kappa shape index (κ3) is 4.61. The smallest absolute Gasteiger partial charge is 0.252 e. The first-order valence-electron chi connectivity index (χ1n) is 7.85. The normalized spacial score (nSPS) is 10.3. The van der Waals surface area contributed by atoms with Gasteiger partial charge in [-0.05, 0) is 42.2 Å². The SMILES string of the molecule is CSc1ccccc1C(=O)NCc1cccc(Oc2ccccn2)c1. The number of ether oxygens (including phenoxy) is 1. The van der Waals surface area contributed by atoms with Crippen LogP contribution in [0.1, 0.15) is 15.9 Å². The molecule has 1 amide bonds. The van der Waals surface area contributed by atoms with Crippen molar-refractivity contribution in [3.8, 4) is 11.6 Å². The van der Waals surface area contributed by atoms with Gasteiger partial charge in [0.05, 0.1) is 5.56 Å². The van der Waals surface area contributed by atoms with Crippen LogP contribution in [0.3, 0.4) is 0 Å². The van der Waals surface area contributed by atoms with Gasteiger partial charge < -0.3 is 10.1 Å². The van der Waals surface area contributed by atoms with E-state index in [4.69, 9.17) is 4.74 Å². The second-order valence-electron chi connectivity index (χ2n) is 5.30. The minimum absolute atomic E-state index is 0.0824. The molecule has 0 aliphatic rings. The Balaban J connectivity index is 1.65. The van der Waals surface area contributed by atoms with Crippen LogP contribution in [0.4, 0.5) is 0 Å². The third-order valence-electron chi connectivity index (χ3n) is 3.56. The van der Waals surface area contributed by atoms with E-state index in [9.17, 15) is 4.79 Å². The zero-order valence-electron chi connectivity index (χ0n) is 13.8. The first-order valence-corrected chi connectivity index (χ1v) is 9.08. The lowest BCUT2D eigenvalue weighted by molar-refractivity contribution is 0.0948. The largest absolute Gasteiger partial charge is 0.439 e. The van der Waals surface area contributed by atoms with Crippen molar-refractivity contribution in [2.24, 2.45) is 0 Å². The van der Waals surface area contributed by atoms with Gasteiger partial charge in [0.15, 0.2) is 0 Å². The molecule has 25 heavy (non-hydrogen) atoms. The predicted molar refractivity (Wildman–Crippen MR) is 100 cm³/mol. The fourth-order valence-electron chi connectivity index (χ4n) is 2.36. The molecule has 0 fully saturated rings. The van der Waals surface area contributed by atoms with E-state index in [1.807, 2.05) is 66.9 Å². The Labute approximate surface area is 151 Å². The summed E-state index contributed by atoms with van der Waals surface area (Å²) < 4.78 is 5.72. The fraction of sp³-hybridized carbons (Fsp3) is 0.100. The highest BCUT2D eigenvalue weighted by Crippen LogP contribution is 2.21. The monoisotopic (exact) mass is 350 g/mol. The Hall–Kier alpha value is -2.79. The molecule has 4 nitrogen and oxygen atoms in total. The Morgan fingerprint density at radius 3 is 2.72 bits per heavy atom. The third-order valence-corrected chi connectivity index (χ3v) is 4.36. The summed E-state index contributed by atoms with van der Waals surface area (Å²) >= 11 is 1.56. The van der Waals surface area contributed by atoms with E-state index in [1.54, 1.807) is 24.0 Å². The van der Waals surface area contributed by atoms with Gasteiger partial charge >= 0.3 is 0 Å². The zero-order valence-corrected chi connectivity index (χ0v) is 14.6. The summed E-state index contributed by atoms with van der Waals surface area (Å²) in [7, 11) is 0. The van der Waals surface area contributed by atoms with E-state index in [-0.39, 0.29) is 5.91 Å². The summed E-state index contributed by atoms with van der Waals surface area (Å²) in [6.45, 7) is 0.432. The Kier molecular flexibility index (Phi) is 5.69. The van der Waals surface area contributed by atoms with Crippen molar-refractivity contribution in [1.82, 2.24) is 10.3 Å². The minimum Gasteiger partial charge on any atom is -0.439 e. The maximum absolute atomic E-state index is 12.4. The number of nitrogens with one attached hydrogen (secondary N) is 1. The Morgan fingerprint density at radius 1 is 1.08 bits per heavy atom. The Morgan fingerprint density at radius 2 is 1.92 bits per heavy atom. The van der Waals surface area contributed by atoms with Gasteiger partial charge in [0, 0.05) is 23.7 Å². The van der Waals surface area contributed by atoms with Gasteiger partial charge in [0.1, 0.15) is 5.75 Å². The van der Waals surface area contributed by atoms with Crippen molar-refractivity contribution in [2.75, 3.05) is 6.26 Å². The number of hydrogen-bond acceptors (Lipinski definition) is 4. The summed E-state index contributed by atoms with van der Waals surface area (Å²) in [5.74, 6) is 1.15. The van der Waals surface area contributed by atoms with Gasteiger partial charge in [-0.15, -0.1) is 11.8 Å². The van der Waals surface area contributed by atoms with E-state index in [1.165, 1.54) is 0 Å². The molecule has 1 aromatic heterocycles. The van der Waals surface area contributed by atoms with Crippen molar-refractivity contribution >= 4 is 17.7 Å². The van der Waals surface area contributed by atoms with Gasteiger partial charge in [-0.3, -0.25) is 4.79 Å². The molecule has 2 aromatic carbocycles. The molecule has 5 heteroatoms. The number of aromatic nitrogens is 1. The maximum Gasteiger partial charge on any atom is 0.252 e. The van der Waals surface area contributed by atoms with Crippen LogP contribution in [0, 0.1) is 0 Å². The molecule has 0 bridgehead atoms. The van der Waals surface area contributed by atoms with Gasteiger partial charge in [-0.2, -0.15) is 0 Å². The average molecular weight is 350 g/mol. The summed E-state index contributed by atoms with van der Waals surface area (Å²) in [4.78, 5) is 17.5. The molecule has 0 saturated carbocycles. The number of carbonyl (C=O) groups excluding carboxylic acids is 1. The van der Waals surface area contributed by atoms with E-state index in [0.717, 1.165) is 10.5 Å². The number of carbonyl (C=O) groups is 1. The van der Waals surface area contributed by atoms with Crippen molar-refractivity contribution in [2.45, 2.75) is 11.4 Å². The molecular weight excluding hydrogens is 332 g/mol. The van der Waals surface area contributed by atoms with Crippen LogP contribution in [0.15, 0.2) is 77.8 Å². The molecule has 1 heterocycles. The quantitative estimate of drug-likeness (QED) is 0.664. The number of thioether (sulfide) groups is 1. The highest BCUT2D eigenvalue weighted by molar-refractivity contribution is 7.98. The number of rotatable bonds is 6. The van der Waals surface area contributed by atoms with E-state index in [0.29, 0.717) is 23.7 Å². The van der Waals surface area contributed by atoms with E-state index < -0.39 is 0 Å². The molecule has 0 aliphatic heterocycles. The van der Waals surface area contributed by atoms with Crippen molar-refractivity contribution in [3.05, 3.63) is 84.1 Å². The van der Waals surface area contributed by atoms with Crippen molar-refractivity contribution < 1.29 is 9.53 Å². The summed E-state index contributed by atoms with van der Waals surface area (Å²) in [6.07, 6.45) is 3.65.